The maximum Gasteiger partial charge on any atom is 0.248 e. The van der Waals surface area contributed by atoms with E-state index in [2.05, 4.69) is 10.1 Å². The van der Waals surface area contributed by atoms with Crippen molar-refractivity contribution in [2.45, 2.75) is 37.5 Å². The minimum atomic E-state index is -3.60. The first-order chi connectivity index (χ1) is 12.4. The summed E-state index contributed by atoms with van der Waals surface area (Å²) >= 11 is 0. The molecule has 8 heteroatoms. The first-order valence-electron chi connectivity index (χ1n) is 8.57. The fraction of sp³-hybridized carbons (Fsp3) is 0.389. The molecule has 4 rings (SSSR count). The van der Waals surface area contributed by atoms with Crippen molar-refractivity contribution in [3.05, 3.63) is 47.2 Å². The van der Waals surface area contributed by atoms with Crippen LogP contribution in [0.1, 0.15) is 35.8 Å². The number of sulfonamides is 1. The maximum absolute atomic E-state index is 13.4. The van der Waals surface area contributed by atoms with Crippen molar-refractivity contribution >= 4 is 20.9 Å². The van der Waals surface area contributed by atoms with Crippen LogP contribution in [0.3, 0.4) is 0 Å². The highest BCUT2D eigenvalue weighted by atomic mass is 32.2. The third kappa shape index (κ3) is 2.73. The molecule has 1 aliphatic rings. The second-order valence-corrected chi connectivity index (χ2v) is 8.64. The molecule has 3 heterocycles. The Morgan fingerprint density at radius 1 is 1.27 bits per heavy atom. The highest BCUT2D eigenvalue weighted by molar-refractivity contribution is 7.89. The smallest absolute Gasteiger partial charge is 0.248 e. The summed E-state index contributed by atoms with van der Waals surface area (Å²) in [5, 5.41) is 4.76. The lowest BCUT2D eigenvalue weighted by molar-refractivity contribution is 0.319. The standard InChI is InChI=1S/C18H20FN3O3S/c1-11-18(12(2)25-21-11)26(23,24)22-7-5-13(6-8-22)16-10-20-17-9-14(19)3-4-15(16)17/h3-4,9-10,13,20H,5-8H2,1-2H3. The first-order valence-corrected chi connectivity index (χ1v) is 10.0. The molecular formula is C18H20FN3O3S. The fourth-order valence-electron chi connectivity index (χ4n) is 3.84. The molecule has 0 spiro atoms. The molecule has 3 aromatic rings. The quantitative estimate of drug-likeness (QED) is 0.758. The normalized spacial score (nSPS) is 17.2. The largest absolute Gasteiger partial charge is 0.361 e. The molecule has 138 valence electrons. The van der Waals surface area contributed by atoms with E-state index in [9.17, 15) is 12.8 Å². The number of hydrogen-bond donors (Lipinski definition) is 1. The summed E-state index contributed by atoms with van der Waals surface area (Å²) in [5.74, 6) is 0.292. The van der Waals surface area contributed by atoms with Gasteiger partial charge in [0.1, 0.15) is 16.4 Å². The highest BCUT2D eigenvalue weighted by Gasteiger charge is 2.34. The maximum atomic E-state index is 13.4. The van der Waals surface area contributed by atoms with Crippen LogP contribution in [0.2, 0.25) is 0 Å². The molecule has 2 aromatic heterocycles. The summed E-state index contributed by atoms with van der Waals surface area (Å²) in [7, 11) is -3.60. The second kappa shape index (κ2) is 6.21. The zero-order valence-corrected chi connectivity index (χ0v) is 15.4. The minimum Gasteiger partial charge on any atom is -0.361 e. The van der Waals surface area contributed by atoms with Gasteiger partial charge < -0.3 is 9.51 Å². The van der Waals surface area contributed by atoms with Crippen LogP contribution >= 0.6 is 0 Å². The van der Waals surface area contributed by atoms with E-state index in [1.165, 1.54) is 16.4 Å². The molecule has 1 saturated heterocycles. The van der Waals surface area contributed by atoms with E-state index in [-0.39, 0.29) is 16.6 Å². The Kier molecular flexibility index (Phi) is 4.11. The number of hydrogen-bond acceptors (Lipinski definition) is 4. The molecule has 1 fully saturated rings. The number of aryl methyl sites for hydroxylation is 2. The molecule has 1 aliphatic heterocycles. The van der Waals surface area contributed by atoms with E-state index in [1.807, 2.05) is 6.20 Å². The molecule has 26 heavy (non-hydrogen) atoms. The molecule has 1 aromatic carbocycles. The first kappa shape index (κ1) is 17.2. The Labute approximate surface area is 151 Å². The third-order valence-corrected chi connectivity index (χ3v) is 7.28. The van der Waals surface area contributed by atoms with Crippen molar-refractivity contribution < 1.29 is 17.3 Å². The number of fused-ring (bicyclic) bond motifs is 1. The Morgan fingerprint density at radius 3 is 2.65 bits per heavy atom. The number of aromatic nitrogens is 2. The Bertz CT molecular complexity index is 1040. The van der Waals surface area contributed by atoms with Gasteiger partial charge >= 0.3 is 0 Å². The van der Waals surface area contributed by atoms with E-state index in [0.29, 0.717) is 37.4 Å². The van der Waals surface area contributed by atoms with Gasteiger partial charge in [-0.25, -0.2) is 12.8 Å². The van der Waals surface area contributed by atoms with Gasteiger partial charge in [0.25, 0.3) is 0 Å². The van der Waals surface area contributed by atoms with Crippen LogP contribution in [0.5, 0.6) is 0 Å². The molecule has 0 aliphatic carbocycles. The van der Waals surface area contributed by atoms with Crippen molar-refractivity contribution in [1.29, 1.82) is 0 Å². The van der Waals surface area contributed by atoms with Crippen molar-refractivity contribution in [3.63, 3.8) is 0 Å². The fourth-order valence-corrected chi connectivity index (χ4v) is 5.60. The summed E-state index contributed by atoms with van der Waals surface area (Å²) in [5.41, 5.74) is 2.28. The molecule has 6 nitrogen and oxygen atoms in total. The monoisotopic (exact) mass is 377 g/mol. The Hall–Kier alpha value is -2.19. The zero-order chi connectivity index (χ0) is 18.5. The van der Waals surface area contributed by atoms with Gasteiger partial charge in [-0.2, -0.15) is 4.31 Å². The summed E-state index contributed by atoms with van der Waals surface area (Å²) in [4.78, 5) is 3.29. The third-order valence-electron chi connectivity index (χ3n) is 5.14. The van der Waals surface area contributed by atoms with E-state index in [4.69, 9.17) is 4.52 Å². The van der Waals surface area contributed by atoms with Gasteiger partial charge in [-0.3, -0.25) is 0 Å². The van der Waals surface area contributed by atoms with Crippen LogP contribution in [-0.2, 0) is 10.0 Å². The lowest BCUT2D eigenvalue weighted by Crippen LogP contribution is -2.38. The van der Waals surface area contributed by atoms with Crippen LogP contribution in [0.4, 0.5) is 4.39 Å². The van der Waals surface area contributed by atoms with Gasteiger partial charge in [0, 0.05) is 30.2 Å². The van der Waals surface area contributed by atoms with Crippen LogP contribution in [-0.4, -0.2) is 36.0 Å². The number of benzene rings is 1. The van der Waals surface area contributed by atoms with Gasteiger partial charge in [0.15, 0.2) is 5.76 Å². The number of H-pyrrole nitrogens is 1. The van der Waals surface area contributed by atoms with Crippen molar-refractivity contribution in [1.82, 2.24) is 14.4 Å². The SMILES string of the molecule is Cc1noc(C)c1S(=O)(=O)N1CCC(c2c[nH]c3cc(F)ccc23)CC1. The van der Waals surface area contributed by atoms with Crippen LogP contribution in [0.15, 0.2) is 33.8 Å². The molecule has 0 bridgehead atoms. The highest BCUT2D eigenvalue weighted by Crippen LogP contribution is 2.35. The van der Waals surface area contributed by atoms with E-state index < -0.39 is 10.0 Å². The number of halogens is 1. The van der Waals surface area contributed by atoms with E-state index in [1.54, 1.807) is 19.9 Å². The number of aromatic amines is 1. The van der Waals surface area contributed by atoms with Gasteiger partial charge in [-0.05, 0) is 56.4 Å². The van der Waals surface area contributed by atoms with Crippen LogP contribution in [0.25, 0.3) is 10.9 Å². The predicted molar refractivity (Wildman–Crippen MR) is 95.0 cm³/mol. The molecule has 0 saturated carbocycles. The molecule has 0 radical (unpaired) electrons. The predicted octanol–water partition coefficient (Wildman–Crippen LogP) is 3.48. The minimum absolute atomic E-state index is 0.179. The van der Waals surface area contributed by atoms with Gasteiger partial charge in [-0.1, -0.05) is 5.16 Å². The number of piperidine rings is 1. The van der Waals surface area contributed by atoms with E-state index >= 15 is 0 Å². The van der Waals surface area contributed by atoms with Crippen molar-refractivity contribution in [2.24, 2.45) is 0 Å². The van der Waals surface area contributed by atoms with Crippen molar-refractivity contribution in [2.75, 3.05) is 13.1 Å². The topological polar surface area (TPSA) is 79.2 Å². The summed E-state index contributed by atoms with van der Waals surface area (Å²) < 4.78 is 45.7. The lowest BCUT2D eigenvalue weighted by Gasteiger charge is -2.31. The number of nitrogens with zero attached hydrogens (tertiary/aromatic N) is 2. The molecule has 0 atom stereocenters. The van der Waals surface area contributed by atoms with Gasteiger partial charge in [-0.15, -0.1) is 0 Å². The van der Waals surface area contributed by atoms with Gasteiger partial charge in [0.05, 0.1) is 0 Å². The van der Waals surface area contributed by atoms with Gasteiger partial charge in [0.2, 0.25) is 10.0 Å². The molecule has 1 N–H and O–H groups in total. The number of rotatable bonds is 3. The average Bonchev–Trinajstić information content (AvgIpc) is 3.18. The Morgan fingerprint density at radius 2 is 2.00 bits per heavy atom. The summed E-state index contributed by atoms with van der Waals surface area (Å²) in [6, 6.07) is 4.72. The molecular weight excluding hydrogens is 357 g/mol. The van der Waals surface area contributed by atoms with Crippen molar-refractivity contribution in [3.8, 4) is 0 Å². The lowest BCUT2D eigenvalue weighted by atomic mass is 9.90. The van der Waals surface area contributed by atoms with Crippen LogP contribution in [0, 0.1) is 19.7 Å². The van der Waals surface area contributed by atoms with Crippen LogP contribution < -0.4 is 0 Å². The second-order valence-electron chi connectivity index (χ2n) is 6.77. The summed E-state index contributed by atoms with van der Waals surface area (Å²) in [6.07, 6.45) is 3.34. The number of nitrogens with one attached hydrogen (secondary N) is 1. The molecule has 0 unspecified atom stereocenters. The van der Waals surface area contributed by atoms with E-state index in [0.717, 1.165) is 16.5 Å². The molecule has 0 amide bonds. The average molecular weight is 377 g/mol. The zero-order valence-electron chi connectivity index (χ0n) is 14.6. The summed E-state index contributed by atoms with van der Waals surface area (Å²) in [6.45, 7) is 4.13. The Balaban J connectivity index is 1.55.